The third-order valence-corrected chi connectivity index (χ3v) is 6.44. The van der Waals surface area contributed by atoms with Gasteiger partial charge in [-0.3, -0.25) is 14.4 Å². The number of nitrogens with one attached hydrogen (secondary N) is 2. The van der Waals surface area contributed by atoms with Gasteiger partial charge in [0.1, 0.15) is 17.7 Å². The SMILES string of the molecule is CCCC(C)NC(=O)C(c1cc(C)ccc1C)N(C(=O)C(CC(N)=O)NC(=O)OC(C)(C)C)C1CC1C. The van der Waals surface area contributed by atoms with Gasteiger partial charge in [-0.25, -0.2) is 4.79 Å². The summed E-state index contributed by atoms with van der Waals surface area (Å²) in [6, 6.07) is 3.30. The molecule has 1 aromatic rings. The number of primary amides is 1. The molecule has 2 rings (SSSR count). The first-order chi connectivity index (χ1) is 17.1. The van der Waals surface area contributed by atoms with Crippen molar-refractivity contribution in [1.29, 1.82) is 0 Å². The predicted octanol–water partition coefficient (Wildman–Crippen LogP) is 3.66. The van der Waals surface area contributed by atoms with Crippen molar-refractivity contribution in [3.8, 4) is 0 Å². The van der Waals surface area contributed by atoms with E-state index in [1.807, 2.05) is 52.8 Å². The molecule has 0 aromatic heterocycles. The lowest BCUT2D eigenvalue weighted by atomic mass is 9.95. The Kier molecular flexibility index (Phi) is 10.1. The van der Waals surface area contributed by atoms with Gasteiger partial charge >= 0.3 is 6.09 Å². The van der Waals surface area contributed by atoms with E-state index in [2.05, 4.69) is 10.6 Å². The maximum Gasteiger partial charge on any atom is 0.408 e. The summed E-state index contributed by atoms with van der Waals surface area (Å²) in [7, 11) is 0. The van der Waals surface area contributed by atoms with Crippen LogP contribution in [0, 0.1) is 19.8 Å². The van der Waals surface area contributed by atoms with Gasteiger partial charge in [0.05, 0.1) is 6.42 Å². The molecular formula is C28H44N4O5. The zero-order valence-electron chi connectivity index (χ0n) is 23.5. The molecule has 1 saturated carbocycles. The Morgan fingerprint density at radius 2 is 1.78 bits per heavy atom. The summed E-state index contributed by atoms with van der Waals surface area (Å²) in [5.74, 6) is -1.42. The smallest absolute Gasteiger partial charge is 0.408 e. The summed E-state index contributed by atoms with van der Waals surface area (Å²) >= 11 is 0. The van der Waals surface area contributed by atoms with Crippen LogP contribution in [0.4, 0.5) is 4.79 Å². The second-order valence-electron chi connectivity index (χ2n) is 11.4. The molecule has 1 aliphatic carbocycles. The Hall–Kier alpha value is -3.10. The van der Waals surface area contributed by atoms with E-state index in [-0.39, 0.29) is 23.9 Å². The molecule has 37 heavy (non-hydrogen) atoms. The van der Waals surface area contributed by atoms with Crippen LogP contribution < -0.4 is 16.4 Å². The number of hydrogen-bond acceptors (Lipinski definition) is 5. The van der Waals surface area contributed by atoms with Crippen molar-refractivity contribution >= 4 is 23.8 Å². The number of benzene rings is 1. The number of amides is 4. The van der Waals surface area contributed by atoms with Crippen molar-refractivity contribution in [2.75, 3.05) is 0 Å². The largest absolute Gasteiger partial charge is 0.444 e. The van der Waals surface area contributed by atoms with Crippen LogP contribution in [-0.4, -0.2) is 52.4 Å². The fraction of sp³-hybridized carbons (Fsp3) is 0.643. The number of carbonyl (C=O) groups excluding carboxylic acids is 4. The average Bonchev–Trinajstić information content (AvgIpc) is 3.47. The molecule has 0 spiro atoms. The summed E-state index contributed by atoms with van der Waals surface area (Å²) in [5.41, 5.74) is 7.20. The van der Waals surface area contributed by atoms with Crippen molar-refractivity contribution in [1.82, 2.24) is 15.5 Å². The molecule has 1 fully saturated rings. The number of alkyl carbamates (subject to hydrolysis) is 1. The van der Waals surface area contributed by atoms with Gasteiger partial charge in [0.15, 0.2) is 0 Å². The first-order valence-corrected chi connectivity index (χ1v) is 13.1. The summed E-state index contributed by atoms with van der Waals surface area (Å²) in [5, 5.41) is 5.60. The number of hydrogen-bond donors (Lipinski definition) is 3. The van der Waals surface area contributed by atoms with Crippen LogP contribution in [0.3, 0.4) is 0 Å². The van der Waals surface area contributed by atoms with Crippen LogP contribution in [0.25, 0.3) is 0 Å². The van der Waals surface area contributed by atoms with E-state index < -0.39 is 42.0 Å². The van der Waals surface area contributed by atoms with Crippen LogP contribution >= 0.6 is 0 Å². The van der Waals surface area contributed by atoms with Crippen LogP contribution in [-0.2, 0) is 19.1 Å². The summed E-state index contributed by atoms with van der Waals surface area (Å²) in [4.78, 5) is 54.0. The second-order valence-corrected chi connectivity index (χ2v) is 11.4. The maximum atomic E-state index is 14.1. The van der Waals surface area contributed by atoms with E-state index >= 15 is 0 Å². The molecule has 4 N–H and O–H groups in total. The molecule has 9 heteroatoms. The molecule has 0 saturated heterocycles. The Morgan fingerprint density at radius 1 is 1.16 bits per heavy atom. The summed E-state index contributed by atoms with van der Waals surface area (Å²) in [6.45, 7) is 14.9. The Labute approximate surface area is 220 Å². The van der Waals surface area contributed by atoms with E-state index in [0.29, 0.717) is 12.0 Å². The third kappa shape index (κ3) is 8.76. The monoisotopic (exact) mass is 516 g/mol. The van der Waals surface area contributed by atoms with E-state index in [1.54, 1.807) is 25.7 Å². The van der Waals surface area contributed by atoms with E-state index in [1.165, 1.54) is 0 Å². The lowest BCUT2D eigenvalue weighted by Crippen LogP contribution is -2.55. The molecule has 0 aliphatic heterocycles. The summed E-state index contributed by atoms with van der Waals surface area (Å²) in [6.07, 6.45) is 1.16. The Balaban J connectivity index is 2.55. The van der Waals surface area contributed by atoms with E-state index in [4.69, 9.17) is 10.5 Å². The van der Waals surface area contributed by atoms with Crippen LogP contribution in [0.1, 0.15) is 90.0 Å². The fourth-order valence-electron chi connectivity index (χ4n) is 4.50. The van der Waals surface area contributed by atoms with Crippen LogP contribution in [0.2, 0.25) is 0 Å². The number of carbonyl (C=O) groups is 4. The van der Waals surface area contributed by atoms with Crippen molar-refractivity contribution in [3.05, 3.63) is 34.9 Å². The number of nitrogens with two attached hydrogens (primary N) is 1. The molecular weight excluding hydrogens is 472 g/mol. The summed E-state index contributed by atoms with van der Waals surface area (Å²) < 4.78 is 5.33. The predicted molar refractivity (Wildman–Crippen MR) is 143 cm³/mol. The standard InChI is InChI=1S/C28H44N4O5/c1-9-10-19(5)30-25(34)24(20-13-16(2)11-12-17(20)3)32(22-14-18(22)4)26(35)21(15-23(29)33)31-27(36)37-28(6,7)8/h11-13,18-19,21-22,24H,9-10,14-15H2,1-8H3,(H2,29,33)(H,30,34)(H,31,36). The molecule has 5 atom stereocenters. The quantitative estimate of drug-likeness (QED) is 0.413. The maximum absolute atomic E-state index is 14.1. The first-order valence-electron chi connectivity index (χ1n) is 13.1. The van der Waals surface area contributed by atoms with Gasteiger partial charge < -0.3 is 26.0 Å². The highest BCUT2D eigenvalue weighted by atomic mass is 16.6. The van der Waals surface area contributed by atoms with Gasteiger partial charge in [0, 0.05) is 12.1 Å². The molecule has 1 aliphatic rings. The van der Waals surface area contributed by atoms with Crippen molar-refractivity contribution in [3.63, 3.8) is 0 Å². The van der Waals surface area contributed by atoms with Gasteiger partial charge in [-0.15, -0.1) is 0 Å². The molecule has 1 aromatic carbocycles. The Morgan fingerprint density at radius 3 is 2.30 bits per heavy atom. The molecule has 4 amide bonds. The highest BCUT2D eigenvalue weighted by Crippen LogP contribution is 2.41. The van der Waals surface area contributed by atoms with E-state index in [9.17, 15) is 19.2 Å². The van der Waals surface area contributed by atoms with Gasteiger partial charge in [0.25, 0.3) is 0 Å². The normalized spacial score (nSPS) is 19.2. The molecule has 0 bridgehead atoms. The number of ether oxygens (including phenoxy) is 1. The topological polar surface area (TPSA) is 131 Å². The van der Waals surface area contributed by atoms with Gasteiger partial charge in [-0.2, -0.15) is 0 Å². The van der Waals surface area contributed by atoms with E-state index in [0.717, 1.165) is 24.0 Å². The molecule has 5 unspecified atom stereocenters. The molecule has 9 nitrogen and oxygen atoms in total. The zero-order chi connectivity index (χ0) is 28.1. The minimum absolute atomic E-state index is 0.0833. The third-order valence-electron chi connectivity index (χ3n) is 6.44. The van der Waals surface area contributed by atoms with Crippen LogP contribution in [0.5, 0.6) is 0 Å². The van der Waals surface area contributed by atoms with Gasteiger partial charge in [-0.1, -0.05) is 44.0 Å². The number of nitrogens with zero attached hydrogens (tertiary/aromatic N) is 1. The van der Waals surface area contributed by atoms with Crippen molar-refractivity contribution in [2.24, 2.45) is 11.7 Å². The fourth-order valence-corrected chi connectivity index (χ4v) is 4.50. The van der Waals surface area contributed by atoms with Crippen LogP contribution in [0.15, 0.2) is 18.2 Å². The molecule has 0 heterocycles. The average molecular weight is 517 g/mol. The minimum Gasteiger partial charge on any atom is -0.444 e. The molecule has 206 valence electrons. The Bertz CT molecular complexity index is 1000. The first kappa shape index (κ1) is 30.1. The molecule has 0 radical (unpaired) electrons. The van der Waals surface area contributed by atoms with Gasteiger partial charge in [-0.05, 0) is 71.4 Å². The second kappa shape index (κ2) is 12.4. The zero-order valence-corrected chi connectivity index (χ0v) is 23.5. The van der Waals surface area contributed by atoms with Crippen molar-refractivity contribution < 1.29 is 23.9 Å². The number of aryl methyl sites for hydroxylation is 2. The highest BCUT2D eigenvalue weighted by Gasteiger charge is 2.48. The van der Waals surface area contributed by atoms with Crippen molar-refractivity contribution in [2.45, 2.75) is 111 Å². The lowest BCUT2D eigenvalue weighted by molar-refractivity contribution is -0.144. The number of rotatable bonds is 11. The van der Waals surface area contributed by atoms with Gasteiger partial charge in [0.2, 0.25) is 17.7 Å². The lowest BCUT2D eigenvalue weighted by Gasteiger charge is -2.36. The highest BCUT2D eigenvalue weighted by molar-refractivity contribution is 5.95. The minimum atomic E-state index is -1.27.